The third-order valence-electron chi connectivity index (χ3n) is 3.47. The molecule has 0 bridgehead atoms. The van der Waals surface area contributed by atoms with Crippen LogP contribution in [0.4, 0.5) is 4.39 Å². The van der Waals surface area contributed by atoms with Gasteiger partial charge in [0.1, 0.15) is 11.6 Å². The number of amides is 1. The van der Waals surface area contributed by atoms with E-state index >= 15 is 0 Å². The Morgan fingerprint density at radius 2 is 2.00 bits per heavy atom. The zero-order valence-corrected chi connectivity index (χ0v) is 10.5. The first-order valence-electron chi connectivity index (χ1n) is 6.38. The Kier molecular flexibility index (Phi) is 3.84. The van der Waals surface area contributed by atoms with E-state index in [1.165, 1.54) is 12.5 Å². The Morgan fingerprint density at radius 1 is 1.33 bits per heavy atom. The van der Waals surface area contributed by atoms with Gasteiger partial charge in [-0.1, -0.05) is 19.3 Å². The van der Waals surface area contributed by atoms with Crippen LogP contribution in [0.15, 0.2) is 12.1 Å². The van der Waals surface area contributed by atoms with Crippen LogP contribution >= 0.6 is 0 Å². The number of carbonyl (C=O) groups is 1. The van der Waals surface area contributed by atoms with Gasteiger partial charge in [0.05, 0.1) is 5.56 Å². The van der Waals surface area contributed by atoms with Gasteiger partial charge >= 0.3 is 0 Å². The predicted octanol–water partition coefficient (Wildman–Crippen LogP) is 2.90. The second-order valence-electron chi connectivity index (χ2n) is 4.93. The second kappa shape index (κ2) is 5.38. The van der Waals surface area contributed by atoms with Gasteiger partial charge in [0.25, 0.3) is 5.91 Å². The van der Waals surface area contributed by atoms with E-state index in [-0.39, 0.29) is 23.3 Å². The van der Waals surface area contributed by atoms with Crippen LogP contribution in [0.2, 0.25) is 0 Å². The standard InChI is InChI=1S/C14H18FNO2/c1-9-7-11(12(15)8-13(9)17)14(18)16-10-5-3-2-4-6-10/h7-8,10,17H,2-6H2,1H3,(H,16,18). The quantitative estimate of drug-likeness (QED) is 0.849. The molecule has 1 aromatic carbocycles. The third kappa shape index (κ3) is 2.81. The fourth-order valence-corrected chi connectivity index (χ4v) is 2.36. The van der Waals surface area contributed by atoms with E-state index in [2.05, 4.69) is 5.32 Å². The summed E-state index contributed by atoms with van der Waals surface area (Å²) >= 11 is 0. The lowest BCUT2D eigenvalue weighted by molar-refractivity contribution is 0.0923. The average Bonchev–Trinajstić information content (AvgIpc) is 2.35. The first-order valence-corrected chi connectivity index (χ1v) is 6.38. The van der Waals surface area contributed by atoms with Crippen LogP contribution < -0.4 is 5.32 Å². The smallest absolute Gasteiger partial charge is 0.254 e. The van der Waals surface area contributed by atoms with E-state index in [9.17, 15) is 14.3 Å². The number of phenolic OH excluding ortho intramolecular Hbond substituents is 1. The van der Waals surface area contributed by atoms with Gasteiger partial charge in [-0.15, -0.1) is 0 Å². The highest BCUT2D eigenvalue weighted by Crippen LogP contribution is 2.22. The van der Waals surface area contributed by atoms with E-state index in [0.717, 1.165) is 31.7 Å². The van der Waals surface area contributed by atoms with Gasteiger partial charge in [-0.05, 0) is 31.4 Å². The first-order chi connectivity index (χ1) is 8.58. The molecule has 18 heavy (non-hydrogen) atoms. The van der Waals surface area contributed by atoms with Crippen LogP contribution in [0, 0.1) is 12.7 Å². The number of halogens is 1. The minimum atomic E-state index is -0.675. The Balaban J connectivity index is 2.10. The first kappa shape index (κ1) is 12.9. The van der Waals surface area contributed by atoms with Gasteiger partial charge < -0.3 is 10.4 Å². The van der Waals surface area contributed by atoms with Crippen LogP contribution in [0.5, 0.6) is 5.75 Å². The lowest BCUT2D eigenvalue weighted by Crippen LogP contribution is -2.36. The Morgan fingerprint density at radius 3 is 2.67 bits per heavy atom. The van der Waals surface area contributed by atoms with Gasteiger partial charge in [0.15, 0.2) is 0 Å². The van der Waals surface area contributed by atoms with Crippen molar-refractivity contribution in [3.8, 4) is 5.75 Å². The van der Waals surface area contributed by atoms with Gasteiger partial charge in [0, 0.05) is 12.1 Å². The minimum absolute atomic E-state index is 0.0101. The molecule has 1 aliphatic rings. The van der Waals surface area contributed by atoms with Crippen LogP contribution in [0.3, 0.4) is 0 Å². The van der Waals surface area contributed by atoms with Crippen LogP contribution in [-0.2, 0) is 0 Å². The second-order valence-corrected chi connectivity index (χ2v) is 4.93. The minimum Gasteiger partial charge on any atom is -0.508 e. The molecule has 4 heteroatoms. The number of phenols is 1. The Bertz CT molecular complexity index is 453. The van der Waals surface area contributed by atoms with E-state index in [1.54, 1.807) is 6.92 Å². The number of benzene rings is 1. The maximum atomic E-state index is 13.6. The molecular formula is C14H18FNO2. The molecule has 0 atom stereocenters. The van der Waals surface area contributed by atoms with Crippen LogP contribution in [-0.4, -0.2) is 17.1 Å². The molecule has 2 rings (SSSR count). The van der Waals surface area contributed by atoms with Crippen molar-refractivity contribution in [1.82, 2.24) is 5.32 Å². The number of nitrogens with one attached hydrogen (secondary N) is 1. The van der Waals surface area contributed by atoms with Crippen LogP contribution in [0.1, 0.15) is 48.0 Å². The molecule has 0 aliphatic heterocycles. The number of hydrogen-bond donors (Lipinski definition) is 2. The molecule has 1 aromatic rings. The number of aryl methyl sites for hydroxylation is 1. The third-order valence-corrected chi connectivity index (χ3v) is 3.47. The van der Waals surface area contributed by atoms with E-state index < -0.39 is 5.82 Å². The molecule has 3 nitrogen and oxygen atoms in total. The fourth-order valence-electron chi connectivity index (χ4n) is 2.36. The molecular weight excluding hydrogens is 233 g/mol. The maximum absolute atomic E-state index is 13.6. The highest BCUT2D eigenvalue weighted by molar-refractivity contribution is 5.95. The molecule has 0 spiro atoms. The molecule has 0 heterocycles. The molecule has 98 valence electrons. The normalized spacial score (nSPS) is 16.6. The van der Waals surface area contributed by atoms with Crippen molar-refractivity contribution in [3.63, 3.8) is 0 Å². The predicted molar refractivity (Wildman–Crippen MR) is 67.1 cm³/mol. The molecule has 0 unspecified atom stereocenters. The molecule has 2 N–H and O–H groups in total. The van der Waals surface area contributed by atoms with Crippen molar-refractivity contribution in [2.45, 2.75) is 45.1 Å². The zero-order chi connectivity index (χ0) is 13.1. The summed E-state index contributed by atoms with van der Waals surface area (Å²) < 4.78 is 13.6. The summed E-state index contributed by atoms with van der Waals surface area (Å²) in [5.74, 6) is -1.18. The summed E-state index contributed by atoms with van der Waals surface area (Å²) in [4.78, 5) is 12.0. The molecule has 1 amide bonds. The van der Waals surface area contributed by atoms with E-state index in [1.807, 2.05) is 0 Å². The van der Waals surface area contributed by atoms with E-state index in [0.29, 0.717) is 5.56 Å². The van der Waals surface area contributed by atoms with Gasteiger partial charge in [0.2, 0.25) is 0 Å². The van der Waals surface area contributed by atoms with Crippen LogP contribution in [0.25, 0.3) is 0 Å². The Hall–Kier alpha value is -1.58. The molecule has 0 radical (unpaired) electrons. The molecule has 0 saturated heterocycles. The summed E-state index contributed by atoms with van der Waals surface area (Å²) in [5, 5.41) is 12.2. The number of aromatic hydroxyl groups is 1. The van der Waals surface area contributed by atoms with Crippen molar-refractivity contribution in [1.29, 1.82) is 0 Å². The van der Waals surface area contributed by atoms with Crippen molar-refractivity contribution in [2.75, 3.05) is 0 Å². The van der Waals surface area contributed by atoms with Gasteiger partial charge in [-0.3, -0.25) is 4.79 Å². The fraction of sp³-hybridized carbons (Fsp3) is 0.500. The SMILES string of the molecule is Cc1cc(C(=O)NC2CCCCC2)c(F)cc1O. The van der Waals surface area contributed by atoms with Gasteiger partial charge in [-0.25, -0.2) is 4.39 Å². The number of carbonyl (C=O) groups excluding carboxylic acids is 1. The summed E-state index contributed by atoms with van der Waals surface area (Å²) in [6.07, 6.45) is 5.36. The monoisotopic (exact) mass is 251 g/mol. The zero-order valence-electron chi connectivity index (χ0n) is 10.5. The van der Waals surface area contributed by atoms with Gasteiger partial charge in [-0.2, -0.15) is 0 Å². The average molecular weight is 251 g/mol. The van der Waals surface area contributed by atoms with Crippen molar-refractivity contribution < 1.29 is 14.3 Å². The highest BCUT2D eigenvalue weighted by atomic mass is 19.1. The van der Waals surface area contributed by atoms with Crippen molar-refractivity contribution >= 4 is 5.91 Å². The summed E-state index contributed by atoms with van der Waals surface area (Å²) in [7, 11) is 0. The topological polar surface area (TPSA) is 49.3 Å². The van der Waals surface area contributed by atoms with Crippen molar-refractivity contribution in [2.24, 2.45) is 0 Å². The molecule has 0 aromatic heterocycles. The summed E-state index contributed by atoms with van der Waals surface area (Å²) in [5.41, 5.74) is 0.515. The number of hydrogen-bond acceptors (Lipinski definition) is 2. The largest absolute Gasteiger partial charge is 0.508 e. The van der Waals surface area contributed by atoms with Crippen molar-refractivity contribution in [3.05, 3.63) is 29.1 Å². The lowest BCUT2D eigenvalue weighted by atomic mass is 9.95. The summed E-state index contributed by atoms with van der Waals surface area (Å²) in [6, 6.07) is 2.54. The highest BCUT2D eigenvalue weighted by Gasteiger charge is 2.19. The molecule has 1 saturated carbocycles. The summed E-state index contributed by atoms with van der Waals surface area (Å²) in [6.45, 7) is 1.65. The number of rotatable bonds is 2. The Labute approximate surface area is 106 Å². The molecule has 1 aliphatic carbocycles. The van der Waals surface area contributed by atoms with E-state index in [4.69, 9.17) is 0 Å². The lowest BCUT2D eigenvalue weighted by Gasteiger charge is -2.23. The maximum Gasteiger partial charge on any atom is 0.254 e. The molecule has 1 fully saturated rings.